The Bertz CT molecular complexity index is 505. The highest BCUT2D eigenvalue weighted by Crippen LogP contribution is 2.32. The molecule has 1 fully saturated rings. The van der Waals surface area contributed by atoms with Crippen molar-refractivity contribution in [3.63, 3.8) is 0 Å². The fourth-order valence-electron chi connectivity index (χ4n) is 2.54. The summed E-state index contributed by atoms with van der Waals surface area (Å²) in [4.78, 5) is 14.4. The third-order valence-corrected chi connectivity index (χ3v) is 3.45. The van der Waals surface area contributed by atoms with Crippen molar-refractivity contribution >= 4 is 5.91 Å². The molecule has 0 aliphatic carbocycles. The molecule has 0 saturated carbocycles. The quantitative estimate of drug-likeness (QED) is 0.895. The molecule has 116 valence electrons. The fraction of sp³-hybridized carbons (Fsp3) is 0.533. The van der Waals surface area contributed by atoms with Gasteiger partial charge in [-0.1, -0.05) is 6.07 Å². The number of para-hydroxylation sites is 1. The first-order valence-electron chi connectivity index (χ1n) is 6.87. The van der Waals surface area contributed by atoms with Crippen LogP contribution in [0, 0.1) is 0 Å². The van der Waals surface area contributed by atoms with Crippen molar-refractivity contribution in [3.8, 4) is 11.5 Å². The third-order valence-electron chi connectivity index (χ3n) is 3.45. The summed E-state index contributed by atoms with van der Waals surface area (Å²) in [6, 6.07) is 5.20. The predicted octanol–water partition coefficient (Wildman–Crippen LogP) is 0.926. The number of hydrogen-bond donors (Lipinski definition) is 1. The van der Waals surface area contributed by atoms with Crippen molar-refractivity contribution in [1.29, 1.82) is 0 Å². The molecule has 0 radical (unpaired) electrons. The van der Waals surface area contributed by atoms with Crippen LogP contribution < -0.4 is 9.47 Å². The smallest absolute Gasteiger partial charge is 0.257 e. The largest absolute Gasteiger partial charge is 0.493 e. The van der Waals surface area contributed by atoms with Gasteiger partial charge in [0.05, 0.1) is 38.6 Å². The lowest BCUT2D eigenvalue weighted by Crippen LogP contribution is -2.50. The van der Waals surface area contributed by atoms with Crippen LogP contribution in [-0.2, 0) is 4.74 Å². The van der Waals surface area contributed by atoms with Gasteiger partial charge < -0.3 is 24.2 Å². The predicted molar refractivity (Wildman–Crippen MR) is 76.9 cm³/mol. The molecule has 1 N–H and O–H groups in total. The van der Waals surface area contributed by atoms with Gasteiger partial charge in [0.1, 0.15) is 0 Å². The van der Waals surface area contributed by atoms with E-state index in [2.05, 4.69) is 0 Å². The number of ether oxygens (including phenoxy) is 3. The normalized spacial score (nSPS) is 22.0. The molecule has 0 aromatic heterocycles. The van der Waals surface area contributed by atoms with Crippen LogP contribution in [0.15, 0.2) is 18.2 Å². The third kappa shape index (κ3) is 3.28. The molecule has 1 amide bonds. The Hall–Kier alpha value is -1.79. The lowest BCUT2D eigenvalue weighted by molar-refractivity contribution is -0.0859. The number of nitrogens with zero attached hydrogens (tertiary/aromatic N) is 1. The molecule has 2 unspecified atom stereocenters. The molecule has 2 rings (SSSR count). The summed E-state index contributed by atoms with van der Waals surface area (Å²) >= 11 is 0. The van der Waals surface area contributed by atoms with Crippen molar-refractivity contribution in [2.24, 2.45) is 0 Å². The van der Waals surface area contributed by atoms with E-state index in [1.54, 1.807) is 23.1 Å². The van der Waals surface area contributed by atoms with E-state index in [1.165, 1.54) is 14.2 Å². The Kier molecular flexibility index (Phi) is 5.03. The summed E-state index contributed by atoms with van der Waals surface area (Å²) in [5, 5.41) is 9.25. The van der Waals surface area contributed by atoms with Gasteiger partial charge in [-0.2, -0.15) is 0 Å². The van der Waals surface area contributed by atoms with E-state index in [4.69, 9.17) is 14.2 Å². The van der Waals surface area contributed by atoms with Gasteiger partial charge in [-0.25, -0.2) is 0 Å². The number of benzene rings is 1. The Morgan fingerprint density at radius 3 is 2.76 bits per heavy atom. The van der Waals surface area contributed by atoms with Gasteiger partial charge in [-0.05, 0) is 19.1 Å². The highest BCUT2D eigenvalue weighted by molar-refractivity contribution is 5.98. The Morgan fingerprint density at radius 1 is 1.38 bits per heavy atom. The van der Waals surface area contributed by atoms with Gasteiger partial charge in [0, 0.05) is 13.1 Å². The molecular weight excluding hydrogens is 274 g/mol. The zero-order valence-corrected chi connectivity index (χ0v) is 12.5. The van der Waals surface area contributed by atoms with Crippen molar-refractivity contribution in [2.75, 3.05) is 33.9 Å². The summed E-state index contributed by atoms with van der Waals surface area (Å²) in [5.41, 5.74) is 0.447. The highest BCUT2D eigenvalue weighted by atomic mass is 16.5. The maximum atomic E-state index is 12.7. The number of carbonyl (C=O) groups is 1. The van der Waals surface area contributed by atoms with Gasteiger partial charge in [0.25, 0.3) is 5.91 Å². The zero-order chi connectivity index (χ0) is 15.4. The fourth-order valence-corrected chi connectivity index (χ4v) is 2.54. The van der Waals surface area contributed by atoms with Gasteiger partial charge in [0.15, 0.2) is 11.5 Å². The molecule has 6 nitrogen and oxygen atoms in total. The Labute approximate surface area is 124 Å². The lowest BCUT2D eigenvalue weighted by Gasteiger charge is -2.36. The van der Waals surface area contributed by atoms with Crippen molar-refractivity contribution in [3.05, 3.63) is 23.8 Å². The topological polar surface area (TPSA) is 68.2 Å². The molecular formula is C15H21NO5. The van der Waals surface area contributed by atoms with E-state index >= 15 is 0 Å². The van der Waals surface area contributed by atoms with Gasteiger partial charge in [-0.3, -0.25) is 4.79 Å². The maximum absolute atomic E-state index is 12.7. The first-order valence-corrected chi connectivity index (χ1v) is 6.87. The van der Waals surface area contributed by atoms with Crippen LogP contribution in [0.4, 0.5) is 0 Å². The highest BCUT2D eigenvalue weighted by Gasteiger charge is 2.30. The lowest BCUT2D eigenvalue weighted by atomic mass is 10.1. The van der Waals surface area contributed by atoms with Crippen LogP contribution in [0.3, 0.4) is 0 Å². The first-order chi connectivity index (χ1) is 10.1. The number of carbonyl (C=O) groups excluding carboxylic acids is 1. The molecule has 21 heavy (non-hydrogen) atoms. The van der Waals surface area contributed by atoms with Gasteiger partial charge in [-0.15, -0.1) is 0 Å². The van der Waals surface area contributed by atoms with Crippen molar-refractivity contribution < 1.29 is 24.1 Å². The van der Waals surface area contributed by atoms with E-state index in [0.717, 1.165) is 0 Å². The first kappa shape index (κ1) is 15.6. The number of aliphatic hydroxyl groups is 1. The van der Waals surface area contributed by atoms with E-state index in [0.29, 0.717) is 30.2 Å². The van der Waals surface area contributed by atoms with E-state index in [-0.39, 0.29) is 24.7 Å². The Morgan fingerprint density at radius 2 is 2.14 bits per heavy atom. The average Bonchev–Trinajstić information content (AvgIpc) is 2.52. The van der Waals surface area contributed by atoms with Crippen LogP contribution in [0.2, 0.25) is 0 Å². The summed E-state index contributed by atoms with van der Waals surface area (Å²) in [7, 11) is 3.04. The molecule has 1 heterocycles. The molecule has 1 aromatic carbocycles. The maximum Gasteiger partial charge on any atom is 0.257 e. The summed E-state index contributed by atoms with van der Waals surface area (Å²) < 4.78 is 16.1. The van der Waals surface area contributed by atoms with Crippen LogP contribution in [0.1, 0.15) is 17.3 Å². The molecule has 1 aliphatic heterocycles. The van der Waals surface area contributed by atoms with Crippen LogP contribution >= 0.6 is 0 Å². The minimum atomic E-state index is -0.352. The van der Waals surface area contributed by atoms with Crippen molar-refractivity contribution in [1.82, 2.24) is 4.90 Å². The minimum absolute atomic E-state index is 0.108. The second-order valence-electron chi connectivity index (χ2n) is 5.00. The monoisotopic (exact) mass is 295 g/mol. The minimum Gasteiger partial charge on any atom is -0.493 e. The summed E-state index contributed by atoms with van der Waals surface area (Å²) in [6.07, 6.45) is -0.467. The van der Waals surface area contributed by atoms with E-state index in [9.17, 15) is 9.90 Å². The molecule has 6 heteroatoms. The molecule has 0 bridgehead atoms. The molecule has 1 saturated heterocycles. The number of rotatable bonds is 4. The SMILES string of the molecule is COc1cccc(C(=O)N2CC(C)OC(CO)C2)c1OC. The van der Waals surface area contributed by atoms with Crippen molar-refractivity contribution in [2.45, 2.75) is 19.1 Å². The zero-order valence-electron chi connectivity index (χ0n) is 12.5. The number of methoxy groups -OCH3 is 2. The second-order valence-corrected chi connectivity index (χ2v) is 5.00. The number of aliphatic hydroxyl groups excluding tert-OH is 1. The standard InChI is InChI=1S/C15H21NO5/c1-10-7-16(8-11(9-17)21-10)15(18)12-5-4-6-13(19-2)14(12)20-3/h4-6,10-11,17H,7-9H2,1-3H3. The molecule has 2 atom stereocenters. The summed E-state index contributed by atoms with van der Waals surface area (Å²) in [6.45, 7) is 2.62. The summed E-state index contributed by atoms with van der Waals surface area (Å²) in [5.74, 6) is 0.785. The Balaban J connectivity index is 2.27. The second kappa shape index (κ2) is 6.78. The van der Waals surface area contributed by atoms with Crippen LogP contribution in [0.25, 0.3) is 0 Å². The number of amides is 1. The molecule has 1 aromatic rings. The van der Waals surface area contributed by atoms with Crippen LogP contribution in [-0.4, -0.2) is 62.0 Å². The van der Waals surface area contributed by atoms with E-state index in [1.807, 2.05) is 6.92 Å². The number of morpholine rings is 1. The van der Waals surface area contributed by atoms with Gasteiger partial charge in [0.2, 0.25) is 0 Å². The number of hydrogen-bond acceptors (Lipinski definition) is 5. The molecule has 1 aliphatic rings. The van der Waals surface area contributed by atoms with Crippen LogP contribution in [0.5, 0.6) is 11.5 Å². The van der Waals surface area contributed by atoms with E-state index < -0.39 is 0 Å². The van der Waals surface area contributed by atoms with Gasteiger partial charge >= 0.3 is 0 Å². The average molecular weight is 295 g/mol. The molecule has 0 spiro atoms.